The topological polar surface area (TPSA) is 27.7 Å². The van der Waals surface area contributed by atoms with Gasteiger partial charge in [0, 0.05) is 11.0 Å². The summed E-state index contributed by atoms with van der Waals surface area (Å²) in [6.07, 6.45) is 1.23. The van der Waals surface area contributed by atoms with Gasteiger partial charge in [0.1, 0.15) is 12.4 Å². The number of rotatable bonds is 3. The third-order valence-corrected chi connectivity index (χ3v) is 3.75. The van der Waals surface area contributed by atoms with Crippen molar-refractivity contribution in [2.45, 2.75) is 25.9 Å². The Balaban J connectivity index is 1.95. The molecule has 2 aliphatic rings. The van der Waals surface area contributed by atoms with Crippen LogP contribution in [0.3, 0.4) is 0 Å². The van der Waals surface area contributed by atoms with E-state index in [1.165, 1.54) is 24.7 Å². The van der Waals surface area contributed by atoms with E-state index in [9.17, 15) is 0 Å². The van der Waals surface area contributed by atoms with Gasteiger partial charge < -0.3 is 4.74 Å². The lowest BCUT2D eigenvalue weighted by atomic mass is 9.94. The van der Waals surface area contributed by atoms with Crippen molar-refractivity contribution in [2.24, 2.45) is 5.41 Å². The minimum atomic E-state index is 0.357. The van der Waals surface area contributed by atoms with Crippen molar-refractivity contribution in [2.75, 3.05) is 13.7 Å². The summed E-state index contributed by atoms with van der Waals surface area (Å²) < 4.78 is 5.80. The van der Waals surface area contributed by atoms with E-state index in [2.05, 4.69) is 17.9 Å². The molecule has 16 heavy (non-hydrogen) atoms. The number of hydrogen-bond acceptors (Lipinski definition) is 3. The van der Waals surface area contributed by atoms with Crippen LogP contribution in [0.25, 0.3) is 0 Å². The van der Waals surface area contributed by atoms with E-state index >= 15 is 0 Å². The highest BCUT2D eigenvalue weighted by atomic mass is 17.2. The number of fused-ring (bicyclic) bond motifs is 3. The Hall–Kier alpha value is -1.06. The van der Waals surface area contributed by atoms with Crippen LogP contribution in [0.5, 0.6) is 5.75 Å². The normalized spacial score (nSPS) is 30.2. The quantitative estimate of drug-likeness (QED) is 0.579. The number of hydrogen-bond donors (Lipinski definition) is 0. The Bertz CT molecular complexity index is 416. The van der Waals surface area contributed by atoms with Gasteiger partial charge in [-0.15, -0.1) is 0 Å². The van der Waals surface area contributed by atoms with Crippen molar-refractivity contribution in [3.8, 4) is 5.75 Å². The zero-order chi connectivity index (χ0) is 11.2. The second-order valence-corrected chi connectivity index (χ2v) is 4.96. The Morgan fingerprint density at radius 3 is 3.19 bits per heavy atom. The van der Waals surface area contributed by atoms with Crippen molar-refractivity contribution in [3.05, 3.63) is 29.3 Å². The molecule has 0 N–H and O–H groups in total. The molecule has 0 spiro atoms. The van der Waals surface area contributed by atoms with Crippen molar-refractivity contribution in [1.82, 2.24) is 0 Å². The molecule has 1 saturated carbocycles. The van der Waals surface area contributed by atoms with Crippen LogP contribution in [0.2, 0.25) is 0 Å². The summed E-state index contributed by atoms with van der Waals surface area (Å²) in [7, 11) is 1.53. The molecule has 3 nitrogen and oxygen atoms in total. The fourth-order valence-electron chi connectivity index (χ4n) is 2.62. The van der Waals surface area contributed by atoms with E-state index in [1.807, 2.05) is 12.1 Å². The van der Waals surface area contributed by atoms with Gasteiger partial charge in [-0.3, -0.25) is 0 Å². The van der Waals surface area contributed by atoms with Crippen molar-refractivity contribution < 1.29 is 14.5 Å². The molecule has 1 heterocycles. The van der Waals surface area contributed by atoms with E-state index in [0.29, 0.717) is 17.9 Å². The summed E-state index contributed by atoms with van der Waals surface area (Å²) in [5.41, 5.74) is 2.87. The largest absolute Gasteiger partial charge is 0.493 e. The van der Waals surface area contributed by atoms with Crippen LogP contribution >= 0.6 is 0 Å². The van der Waals surface area contributed by atoms with Gasteiger partial charge in [0.05, 0.1) is 13.7 Å². The summed E-state index contributed by atoms with van der Waals surface area (Å²) in [5.74, 6) is 1.67. The predicted molar refractivity (Wildman–Crippen MR) is 59.2 cm³/mol. The highest BCUT2D eigenvalue weighted by Crippen LogP contribution is 2.64. The third kappa shape index (κ3) is 1.43. The summed E-state index contributed by atoms with van der Waals surface area (Å²) in [6, 6.07) is 6.15. The van der Waals surface area contributed by atoms with Gasteiger partial charge in [-0.05, 0) is 24.0 Å². The van der Waals surface area contributed by atoms with Gasteiger partial charge in [-0.25, -0.2) is 9.78 Å². The van der Waals surface area contributed by atoms with Gasteiger partial charge in [0.25, 0.3) is 0 Å². The minimum absolute atomic E-state index is 0.357. The Labute approximate surface area is 95.2 Å². The molecule has 86 valence electrons. The van der Waals surface area contributed by atoms with E-state index in [1.54, 1.807) is 0 Å². The molecule has 0 radical (unpaired) electrons. The molecular formula is C13H16O3. The summed E-state index contributed by atoms with van der Waals surface area (Å²) >= 11 is 0. The average Bonchev–Trinajstić information content (AvgIpc) is 2.98. The summed E-state index contributed by atoms with van der Waals surface area (Å²) in [4.78, 5) is 9.70. The van der Waals surface area contributed by atoms with Crippen molar-refractivity contribution in [1.29, 1.82) is 0 Å². The molecule has 1 aromatic rings. The van der Waals surface area contributed by atoms with Crippen LogP contribution in [0.15, 0.2) is 18.2 Å². The van der Waals surface area contributed by atoms with Crippen LogP contribution in [0.4, 0.5) is 0 Å². The van der Waals surface area contributed by atoms with Crippen LogP contribution in [-0.4, -0.2) is 13.7 Å². The second kappa shape index (κ2) is 3.47. The first-order chi connectivity index (χ1) is 7.74. The SMILES string of the molecule is COOCc1cccc2c1C1CC1(C)CO2. The molecular weight excluding hydrogens is 204 g/mol. The van der Waals surface area contributed by atoms with Crippen LogP contribution < -0.4 is 4.74 Å². The molecule has 3 heteroatoms. The predicted octanol–water partition coefficient (Wildman–Crippen LogP) is 2.65. The molecule has 1 aliphatic heterocycles. The zero-order valence-corrected chi connectivity index (χ0v) is 9.66. The minimum Gasteiger partial charge on any atom is -0.493 e. The van der Waals surface area contributed by atoms with Crippen molar-refractivity contribution >= 4 is 0 Å². The molecule has 1 aliphatic carbocycles. The number of benzene rings is 1. The molecule has 0 amide bonds. The zero-order valence-electron chi connectivity index (χ0n) is 9.66. The first-order valence-electron chi connectivity index (χ1n) is 5.65. The molecule has 1 aromatic carbocycles. The van der Waals surface area contributed by atoms with Crippen LogP contribution in [0.1, 0.15) is 30.4 Å². The molecule has 0 bridgehead atoms. The smallest absolute Gasteiger partial charge is 0.123 e. The van der Waals surface area contributed by atoms with E-state index in [0.717, 1.165) is 12.4 Å². The lowest BCUT2D eigenvalue weighted by Crippen LogP contribution is -2.18. The summed E-state index contributed by atoms with van der Waals surface area (Å²) in [6.45, 7) is 3.63. The van der Waals surface area contributed by atoms with E-state index < -0.39 is 0 Å². The molecule has 0 saturated heterocycles. The second-order valence-electron chi connectivity index (χ2n) is 4.96. The van der Waals surface area contributed by atoms with Crippen LogP contribution in [0, 0.1) is 5.41 Å². The molecule has 2 unspecified atom stereocenters. The van der Waals surface area contributed by atoms with Gasteiger partial charge >= 0.3 is 0 Å². The molecule has 3 rings (SSSR count). The fraction of sp³-hybridized carbons (Fsp3) is 0.538. The molecule has 1 fully saturated rings. The maximum atomic E-state index is 5.80. The Morgan fingerprint density at radius 1 is 1.50 bits per heavy atom. The average molecular weight is 220 g/mol. The fourth-order valence-corrected chi connectivity index (χ4v) is 2.62. The lowest BCUT2D eigenvalue weighted by molar-refractivity contribution is -0.282. The molecule has 2 atom stereocenters. The monoisotopic (exact) mass is 220 g/mol. The maximum absolute atomic E-state index is 5.80. The Morgan fingerprint density at radius 2 is 2.38 bits per heavy atom. The third-order valence-electron chi connectivity index (χ3n) is 3.75. The highest BCUT2D eigenvalue weighted by Gasteiger charge is 2.55. The van der Waals surface area contributed by atoms with Crippen LogP contribution in [-0.2, 0) is 16.4 Å². The van der Waals surface area contributed by atoms with E-state index in [-0.39, 0.29) is 0 Å². The lowest BCUT2D eigenvalue weighted by Gasteiger charge is -2.24. The first-order valence-corrected chi connectivity index (χ1v) is 5.65. The highest BCUT2D eigenvalue weighted by molar-refractivity contribution is 5.49. The van der Waals surface area contributed by atoms with Gasteiger partial charge in [0.15, 0.2) is 0 Å². The van der Waals surface area contributed by atoms with E-state index in [4.69, 9.17) is 9.62 Å². The first kappa shape index (κ1) is 10.1. The van der Waals surface area contributed by atoms with Gasteiger partial charge in [0.2, 0.25) is 0 Å². The van der Waals surface area contributed by atoms with Crippen molar-refractivity contribution in [3.63, 3.8) is 0 Å². The van der Waals surface area contributed by atoms with Gasteiger partial charge in [-0.1, -0.05) is 19.1 Å². The maximum Gasteiger partial charge on any atom is 0.123 e. The summed E-state index contributed by atoms with van der Waals surface area (Å²) in [5, 5.41) is 0. The molecule has 0 aromatic heterocycles. The number of ether oxygens (including phenoxy) is 1. The Kier molecular flexibility index (Phi) is 2.19. The standard InChI is InChI=1S/C13H16O3/c1-13-6-10(13)12-9(7-16-14-2)4-3-5-11(12)15-8-13/h3-5,10H,6-8H2,1-2H3. The van der Waals surface area contributed by atoms with Gasteiger partial charge in [-0.2, -0.15) is 0 Å².